The van der Waals surface area contributed by atoms with Crippen LogP contribution < -0.4 is 0 Å². The highest BCUT2D eigenvalue weighted by atomic mass is 35.5. The minimum Gasteiger partial charge on any atom is -0.293 e. The predicted octanol–water partition coefficient (Wildman–Crippen LogP) is 3.64. The van der Waals surface area contributed by atoms with Crippen LogP contribution in [0.15, 0.2) is 24.3 Å². The molecule has 0 aromatic heterocycles. The van der Waals surface area contributed by atoms with Gasteiger partial charge in [-0.3, -0.25) is 9.69 Å². The summed E-state index contributed by atoms with van der Waals surface area (Å²) in [6, 6.07) is 7.61. The summed E-state index contributed by atoms with van der Waals surface area (Å²) in [5.74, 6) is 0.0951. The van der Waals surface area contributed by atoms with Crippen molar-refractivity contribution in [1.82, 2.24) is 4.90 Å². The third-order valence-corrected chi connectivity index (χ3v) is 3.09. The number of benzene rings is 1. The summed E-state index contributed by atoms with van der Waals surface area (Å²) in [5, 5.41) is 0.540. The van der Waals surface area contributed by atoms with E-state index in [0.717, 1.165) is 13.0 Å². The summed E-state index contributed by atoms with van der Waals surface area (Å²) in [5.41, 5.74) is 0.621. The number of Topliss-reactive ketones (excluding diaryl/α,β-unsaturated/α-hetero) is 1. The van der Waals surface area contributed by atoms with E-state index in [2.05, 4.69) is 25.7 Å². The summed E-state index contributed by atoms with van der Waals surface area (Å²) < 4.78 is 0. The Bertz CT molecular complexity index is 376. The van der Waals surface area contributed by atoms with E-state index in [1.165, 1.54) is 0 Å². The zero-order chi connectivity index (χ0) is 12.8. The highest BCUT2D eigenvalue weighted by Crippen LogP contribution is 2.16. The van der Waals surface area contributed by atoms with Gasteiger partial charge in [0.1, 0.15) is 0 Å². The van der Waals surface area contributed by atoms with E-state index in [1.54, 1.807) is 12.1 Å². The number of hydrogen-bond acceptors (Lipinski definition) is 2. The first-order chi connectivity index (χ1) is 8.06. The van der Waals surface area contributed by atoms with E-state index in [-0.39, 0.29) is 5.78 Å². The lowest BCUT2D eigenvalue weighted by molar-refractivity contribution is 0.0906. The van der Waals surface area contributed by atoms with E-state index in [4.69, 9.17) is 11.6 Å². The molecule has 1 rings (SSSR count). The van der Waals surface area contributed by atoms with Crippen LogP contribution in [0, 0.1) is 0 Å². The van der Waals surface area contributed by atoms with Crippen LogP contribution in [-0.4, -0.2) is 29.8 Å². The molecule has 0 saturated heterocycles. The number of carbonyl (C=O) groups is 1. The lowest BCUT2D eigenvalue weighted by atomic mass is 10.1. The standard InChI is InChI=1S/C14H20ClNO/c1-4-9-16(11(2)3)10-14(17)12-7-5-6-8-13(12)15/h5-8,11H,4,9-10H2,1-3H3. The SMILES string of the molecule is CCCN(CC(=O)c1ccccc1Cl)C(C)C. The second kappa shape index (κ2) is 6.77. The van der Waals surface area contributed by atoms with Crippen LogP contribution >= 0.6 is 11.6 Å². The Kier molecular flexibility index (Phi) is 5.66. The number of ketones is 1. The Morgan fingerprint density at radius 2 is 2.00 bits per heavy atom. The van der Waals surface area contributed by atoms with Crippen molar-refractivity contribution in [3.05, 3.63) is 34.9 Å². The van der Waals surface area contributed by atoms with Gasteiger partial charge in [-0.25, -0.2) is 0 Å². The smallest absolute Gasteiger partial charge is 0.178 e. The fourth-order valence-electron chi connectivity index (χ4n) is 1.76. The molecule has 0 radical (unpaired) electrons. The Morgan fingerprint density at radius 1 is 1.35 bits per heavy atom. The van der Waals surface area contributed by atoms with E-state index in [1.807, 2.05) is 12.1 Å². The predicted molar refractivity (Wildman–Crippen MR) is 72.8 cm³/mol. The molecule has 17 heavy (non-hydrogen) atoms. The van der Waals surface area contributed by atoms with E-state index in [9.17, 15) is 4.79 Å². The normalized spacial score (nSPS) is 11.2. The van der Waals surface area contributed by atoms with Crippen molar-refractivity contribution in [1.29, 1.82) is 0 Å². The molecule has 0 fully saturated rings. The fraction of sp³-hybridized carbons (Fsp3) is 0.500. The van der Waals surface area contributed by atoms with Gasteiger partial charge in [0.2, 0.25) is 0 Å². The van der Waals surface area contributed by atoms with Crippen molar-refractivity contribution >= 4 is 17.4 Å². The quantitative estimate of drug-likeness (QED) is 0.722. The molecule has 0 N–H and O–H groups in total. The van der Waals surface area contributed by atoms with Crippen molar-refractivity contribution in [2.24, 2.45) is 0 Å². The molecule has 0 atom stereocenters. The van der Waals surface area contributed by atoms with Gasteiger partial charge in [-0.1, -0.05) is 30.7 Å². The second-order valence-corrected chi connectivity index (χ2v) is 4.87. The van der Waals surface area contributed by atoms with Crippen molar-refractivity contribution in [3.8, 4) is 0 Å². The lowest BCUT2D eigenvalue weighted by Gasteiger charge is -2.25. The molecule has 0 heterocycles. The molecule has 0 saturated carbocycles. The molecule has 0 amide bonds. The lowest BCUT2D eigenvalue weighted by Crippen LogP contribution is -2.36. The van der Waals surface area contributed by atoms with Gasteiger partial charge in [-0.15, -0.1) is 0 Å². The van der Waals surface area contributed by atoms with Crippen LogP contribution in [0.2, 0.25) is 5.02 Å². The average molecular weight is 254 g/mol. The molecule has 0 aliphatic carbocycles. The minimum absolute atomic E-state index is 0.0951. The van der Waals surface area contributed by atoms with Gasteiger partial charge in [0.05, 0.1) is 11.6 Å². The molecule has 0 aliphatic rings. The summed E-state index contributed by atoms with van der Waals surface area (Å²) in [7, 11) is 0. The van der Waals surface area contributed by atoms with Crippen molar-refractivity contribution < 1.29 is 4.79 Å². The molecule has 1 aromatic carbocycles. The summed E-state index contributed by atoms with van der Waals surface area (Å²) >= 11 is 6.02. The largest absolute Gasteiger partial charge is 0.293 e. The van der Waals surface area contributed by atoms with Crippen LogP contribution in [-0.2, 0) is 0 Å². The third-order valence-electron chi connectivity index (χ3n) is 2.76. The molecular formula is C14H20ClNO. The Hall–Kier alpha value is -0.860. The molecule has 0 spiro atoms. The summed E-state index contributed by atoms with van der Waals surface area (Å²) in [6.07, 6.45) is 1.05. The Balaban J connectivity index is 2.74. The van der Waals surface area contributed by atoms with E-state index >= 15 is 0 Å². The van der Waals surface area contributed by atoms with Gasteiger partial charge >= 0.3 is 0 Å². The number of carbonyl (C=O) groups excluding carboxylic acids is 1. The van der Waals surface area contributed by atoms with Gasteiger partial charge in [-0.2, -0.15) is 0 Å². The molecule has 3 heteroatoms. The Labute approximate surface area is 109 Å². The number of rotatable bonds is 6. The second-order valence-electron chi connectivity index (χ2n) is 4.47. The topological polar surface area (TPSA) is 20.3 Å². The minimum atomic E-state index is 0.0951. The van der Waals surface area contributed by atoms with Crippen LogP contribution in [0.25, 0.3) is 0 Å². The molecule has 2 nitrogen and oxygen atoms in total. The summed E-state index contributed by atoms with van der Waals surface area (Å²) in [6.45, 7) is 7.71. The molecule has 0 aliphatic heterocycles. The maximum absolute atomic E-state index is 12.1. The maximum atomic E-state index is 12.1. The van der Waals surface area contributed by atoms with Crippen molar-refractivity contribution in [2.45, 2.75) is 33.2 Å². The monoisotopic (exact) mass is 253 g/mol. The summed E-state index contributed by atoms with van der Waals surface area (Å²) in [4.78, 5) is 14.3. The first-order valence-corrected chi connectivity index (χ1v) is 6.45. The fourth-order valence-corrected chi connectivity index (χ4v) is 2.01. The van der Waals surface area contributed by atoms with Crippen LogP contribution in [0.5, 0.6) is 0 Å². The first kappa shape index (κ1) is 14.2. The van der Waals surface area contributed by atoms with Gasteiger partial charge < -0.3 is 0 Å². The zero-order valence-corrected chi connectivity index (χ0v) is 11.5. The first-order valence-electron chi connectivity index (χ1n) is 6.08. The zero-order valence-electron chi connectivity index (χ0n) is 10.7. The van der Waals surface area contributed by atoms with E-state index < -0.39 is 0 Å². The van der Waals surface area contributed by atoms with Crippen molar-refractivity contribution in [3.63, 3.8) is 0 Å². The highest BCUT2D eigenvalue weighted by Gasteiger charge is 2.16. The number of hydrogen-bond donors (Lipinski definition) is 0. The average Bonchev–Trinajstić information content (AvgIpc) is 2.28. The molecule has 1 aromatic rings. The van der Waals surface area contributed by atoms with Crippen LogP contribution in [0.4, 0.5) is 0 Å². The van der Waals surface area contributed by atoms with Gasteiger partial charge in [0.25, 0.3) is 0 Å². The van der Waals surface area contributed by atoms with Crippen molar-refractivity contribution in [2.75, 3.05) is 13.1 Å². The third kappa shape index (κ3) is 4.14. The Morgan fingerprint density at radius 3 is 2.53 bits per heavy atom. The van der Waals surface area contributed by atoms with Gasteiger partial charge in [0, 0.05) is 11.6 Å². The van der Waals surface area contributed by atoms with Crippen LogP contribution in [0.1, 0.15) is 37.6 Å². The molecular weight excluding hydrogens is 234 g/mol. The molecule has 0 unspecified atom stereocenters. The molecule has 94 valence electrons. The van der Waals surface area contributed by atoms with Crippen LogP contribution in [0.3, 0.4) is 0 Å². The molecule has 0 bridgehead atoms. The highest BCUT2D eigenvalue weighted by molar-refractivity contribution is 6.34. The van der Waals surface area contributed by atoms with E-state index in [0.29, 0.717) is 23.2 Å². The maximum Gasteiger partial charge on any atom is 0.178 e. The number of halogens is 1. The van der Waals surface area contributed by atoms with Gasteiger partial charge in [-0.05, 0) is 38.9 Å². The number of nitrogens with zero attached hydrogens (tertiary/aromatic N) is 1. The van der Waals surface area contributed by atoms with Gasteiger partial charge in [0.15, 0.2) is 5.78 Å².